The van der Waals surface area contributed by atoms with E-state index >= 15 is 0 Å². The molecule has 3 aromatic rings. The molecule has 21 heavy (non-hydrogen) atoms. The molecule has 1 heterocycles. The van der Waals surface area contributed by atoms with Crippen molar-refractivity contribution in [1.82, 2.24) is 5.16 Å². The molecule has 0 bridgehead atoms. The highest BCUT2D eigenvalue weighted by atomic mass is 35.5. The molecule has 3 nitrogen and oxygen atoms in total. The van der Waals surface area contributed by atoms with Gasteiger partial charge >= 0.3 is 0 Å². The van der Waals surface area contributed by atoms with Gasteiger partial charge in [0.15, 0.2) is 5.76 Å². The Morgan fingerprint density at radius 2 is 1.76 bits per heavy atom. The van der Waals surface area contributed by atoms with Gasteiger partial charge in [-0.05, 0) is 36.4 Å². The molecule has 106 valence electrons. The van der Waals surface area contributed by atoms with Crippen LogP contribution in [0.15, 0.2) is 59.1 Å². The van der Waals surface area contributed by atoms with Crippen molar-refractivity contribution in [1.29, 1.82) is 0 Å². The Kier molecular flexibility index (Phi) is 3.88. The minimum absolute atomic E-state index is 0.228. The maximum absolute atomic E-state index is 12.8. The van der Waals surface area contributed by atoms with Crippen LogP contribution in [0.1, 0.15) is 5.76 Å². The SMILES string of the molecule is Fc1ccc(OCc2cc(-c3ccc(Cl)cc3)no2)cc1. The number of hydrogen-bond acceptors (Lipinski definition) is 3. The van der Waals surface area contributed by atoms with Crippen LogP contribution in [-0.2, 0) is 6.61 Å². The molecule has 0 fully saturated rings. The molecule has 0 amide bonds. The van der Waals surface area contributed by atoms with Crippen LogP contribution in [0.25, 0.3) is 11.3 Å². The Labute approximate surface area is 125 Å². The zero-order valence-electron chi connectivity index (χ0n) is 10.9. The standard InChI is InChI=1S/C16H11ClFNO2/c17-12-3-1-11(2-4-12)16-9-15(21-19-16)10-20-14-7-5-13(18)6-8-14/h1-9H,10H2. The molecule has 0 spiro atoms. The molecular formula is C16H11ClFNO2. The van der Waals surface area contributed by atoms with E-state index < -0.39 is 0 Å². The molecule has 0 unspecified atom stereocenters. The van der Waals surface area contributed by atoms with Crippen LogP contribution in [0.4, 0.5) is 4.39 Å². The minimum atomic E-state index is -0.299. The summed E-state index contributed by atoms with van der Waals surface area (Å²) >= 11 is 5.84. The van der Waals surface area contributed by atoms with Crippen LogP contribution in [0, 0.1) is 5.82 Å². The molecule has 3 rings (SSSR count). The summed E-state index contributed by atoms with van der Waals surface area (Å²) in [5.41, 5.74) is 1.63. The lowest BCUT2D eigenvalue weighted by Crippen LogP contribution is -1.93. The van der Waals surface area contributed by atoms with E-state index in [9.17, 15) is 4.39 Å². The van der Waals surface area contributed by atoms with Crippen LogP contribution in [0.3, 0.4) is 0 Å². The summed E-state index contributed by atoms with van der Waals surface area (Å²) < 4.78 is 23.5. The fourth-order valence-electron chi connectivity index (χ4n) is 1.82. The molecule has 0 atom stereocenters. The molecule has 0 saturated heterocycles. The van der Waals surface area contributed by atoms with Crippen LogP contribution in [-0.4, -0.2) is 5.16 Å². The third-order valence-electron chi connectivity index (χ3n) is 2.89. The predicted octanol–water partition coefficient (Wildman–Crippen LogP) is 4.71. The quantitative estimate of drug-likeness (QED) is 0.700. The Morgan fingerprint density at radius 1 is 1.05 bits per heavy atom. The topological polar surface area (TPSA) is 35.3 Å². The zero-order chi connectivity index (χ0) is 14.7. The zero-order valence-corrected chi connectivity index (χ0v) is 11.7. The fourth-order valence-corrected chi connectivity index (χ4v) is 1.95. The summed E-state index contributed by atoms with van der Waals surface area (Å²) in [7, 11) is 0. The number of benzene rings is 2. The minimum Gasteiger partial charge on any atom is -0.486 e. The van der Waals surface area contributed by atoms with Crippen molar-refractivity contribution < 1.29 is 13.7 Å². The Morgan fingerprint density at radius 3 is 2.48 bits per heavy atom. The maximum Gasteiger partial charge on any atom is 0.174 e. The number of rotatable bonds is 4. The van der Waals surface area contributed by atoms with Gasteiger partial charge in [-0.2, -0.15) is 0 Å². The monoisotopic (exact) mass is 303 g/mol. The van der Waals surface area contributed by atoms with Gasteiger partial charge in [-0.15, -0.1) is 0 Å². The third kappa shape index (κ3) is 3.41. The molecule has 0 aliphatic heterocycles. The lowest BCUT2D eigenvalue weighted by molar-refractivity contribution is 0.249. The second kappa shape index (κ2) is 5.97. The van der Waals surface area contributed by atoms with Crippen LogP contribution < -0.4 is 4.74 Å². The number of nitrogens with zero attached hydrogens (tertiary/aromatic N) is 1. The predicted molar refractivity (Wildman–Crippen MR) is 77.7 cm³/mol. The Balaban J connectivity index is 1.67. The van der Waals surface area contributed by atoms with E-state index in [0.717, 1.165) is 5.56 Å². The molecule has 1 aromatic heterocycles. The van der Waals surface area contributed by atoms with E-state index in [0.29, 0.717) is 22.2 Å². The van der Waals surface area contributed by atoms with E-state index in [1.54, 1.807) is 30.3 Å². The van der Waals surface area contributed by atoms with E-state index in [1.165, 1.54) is 12.1 Å². The van der Waals surface area contributed by atoms with Gasteiger partial charge in [-0.3, -0.25) is 0 Å². The van der Waals surface area contributed by atoms with E-state index in [1.807, 2.05) is 12.1 Å². The highest BCUT2D eigenvalue weighted by Gasteiger charge is 2.07. The van der Waals surface area contributed by atoms with Crippen LogP contribution in [0.5, 0.6) is 5.75 Å². The average Bonchev–Trinajstić information content (AvgIpc) is 2.96. The molecule has 2 aromatic carbocycles. The first-order valence-corrected chi connectivity index (χ1v) is 6.68. The first-order valence-electron chi connectivity index (χ1n) is 6.30. The van der Waals surface area contributed by atoms with Crippen molar-refractivity contribution >= 4 is 11.6 Å². The van der Waals surface area contributed by atoms with Crippen molar-refractivity contribution in [3.05, 3.63) is 71.2 Å². The largest absolute Gasteiger partial charge is 0.486 e. The van der Waals surface area contributed by atoms with Gasteiger partial charge in [0.05, 0.1) is 0 Å². The fraction of sp³-hybridized carbons (Fsp3) is 0.0625. The second-order valence-electron chi connectivity index (χ2n) is 4.43. The summed E-state index contributed by atoms with van der Waals surface area (Å²) in [6.07, 6.45) is 0. The molecular weight excluding hydrogens is 293 g/mol. The molecule has 0 saturated carbocycles. The van der Waals surface area contributed by atoms with Gasteiger partial charge in [0.2, 0.25) is 0 Å². The van der Waals surface area contributed by atoms with Gasteiger partial charge in [-0.1, -0.05) is 28.9 Å². The maximum atomic E-state index is 12.8. The lowest BCUT2D eigenvalue weighted by atomic mass is 10.1. The third-order valence-corrected chi connectivity index (χ3v) is 3.15. The van der Waals surface area contributed by atoms with Crippen molar-refractivity contribution in [2.45, 2.75) is 6.61 Å². The Bertz CT molecular complexity index is 723. The van der Waals surface area contributed by atoms with Gasteiger partial charge in [0.1, 0.15) is 23.9 Å². The number of aromatic nitrogens is 1. The smallest absolute Gasteiger partial charge is 0.174 e. The van der Waals surface area contributed by atoms with Crippen molar-refractivity contribution in [3.8, 4) is 17.0 Å². The molecule has 0 N–H and O–H groups in total. The van der Waals surface area contributed by atoms with Crippen LogP contribution in [0.2, 0.25) is 5.02 Å². The second-order valence-corrected chi connectivity index (χ2v) is 4.86. The summed E-state index contributed by atoms with van der Waals surface area (Å²) in [5.74, 6) is 0.858. The first kappa shape index (κ1) is 13.6. The summed E-state index contributed by atoms with van der Waals surface area (Å²) in [6.45, 7) is 0.228. The van der Waals surface area contributed by atoms with Gasteiger partial charge in [0.25, 0.3) is 0 Å². The average molecular weight is 304 g/mol. The van der Waals surface area contributed by atoms with E-state index in [-0.39, 0.29) is 12.4 Å². The van der Waals surface area contributed by atoms with Gasteiger partial charge in [0, 0.05) is 16.7 Å². The van der Waals surface area contributed by atoms with Crippen molar-refractivity contribution in [3.63, 3.8) is 0 Å². The number of ether oxygens (including phenoxy) is 1. The molecule has 0 radical (unpaired) electrons. The highest BCUT2D eigenvalue weighted by molar-refractivity contribution is 6.30. The van der Waals surface area contributed by atoms with Crippen LogP contribution >= 0.6 is 11.6 Å². The normalized spacial score (nSPS) is 10.6. The summed E-state index contributed by atoms with van der Waals surface area (Å²) in [5, 5.41) is 4.65. The number of hydrogen-bond donors (Lipinski definition) is 0. The molecule has 0 aliphatic rings. The van der Waals surface area contributed by atoms with Gasteiger partial charge < -0.3 is 9.26 Å². The van der Waals surface area contributed by atoms with Gasteiger partial charge in [-0.25, -0.2) is 4.39 Å². The summed E-state index contributed by atoms with van der Waals surface area (Å²) in [4.78, 5) is 0. The highest BCUT2D eigenvalue weighted by Crippen LogP contribution is 2.22. The molecule has 5 heteroatoms. The van der Waals surface area contributed by atoms with Crippen molar-refractivity contribution in [2.24, 2.45) is 0 Å². The Hall–Kier alpha value is -2.33. The number of halogens is 2. The van der Waals surface area contributed by atoms with E-state index in [4.69, 9.17) is 20.9 Å². The van der Waals surface area contributed by atoms with E-state index in [2.05, 4.69) is 5.16 Å². The first-order chi connectivity index (χ1) is 10.2. The van der Waals surface area contributed by atoms with Crippen molar-refractivity contribution in [2.75, 3.05) is 0 Å². The molecule has 0 aliphatic carbocycles. The lowest BCUT2D eigenvalue weighted by Gasteiger charge is -2.02. The summed E-state index contributed by atoms with van der Waals surface area (Å²) in [6, 6.07) is 14.9.